The van der Waals surface area contributed by atoms with Crippen molar-refractivity contribution in [2.75, 3.05) is 19.2 Å². The molecule has 5 nitrogen and oxygen atoms in total. The minimum absolute atomic E-state index is 0.104. The van der Waals surface area contributed by atoms with Crippen LogP contribution >= 0.6 is 0 Å². The zero-order chi connectivity index (χ0) is 14.8. The molecule has 2 aromatic rings. The highest BCUT2D eigenvalue weighted by Crippen LogP contribution is 2.38. The van der Waals surface area contributed by atoms with Gasteiger partial charge in [-0.1, -0.05) is 0 Å². The highest BCUT2D eigenvalue weighted by atomic mass is 19.1. The quantitative estimate of drug-likeness (QED) is 0.907. The Bertz CT molecular complexity index is 675. The molecule has 110 valence electrons. The van der Waals surface area contributed by atoms with Gasteiger partial charge in [0.25, 0.3) is 0 Å². The lowest BCUT2D eigenvalue weighted by atomic mass is 10.1. The Morgan fingerprint density at radius 3 is 2.76 bits per heavy atom. The van der Waals surface area contributed by atoms with Crippen molar-refractivity contribution in [1.82, 2.24) is 0 Å². The second-order valence-corrected chi connectivity index (χ2v) is 4.53. The molecule has 1 heterocycles. The number of ether oxygens (including phenoxy) is 3. The molecule has 1 aliphatic heterocycles. The van der Waals surface area contributed by atoms with Crippen molar-refractivity contribution in [3.63, 3.8) is 0 Å². The molecule has 0 radical (unpaired) electrons. The summed E-state index contributed by atoms with van der Waals surface area (Å²) in [6.07, 6.45) is 0. The van der Waals surface area contributed by atoms with Gasteiger partial charge in [0.2, 0.25) is 6.79 Å². The number of aromatic hydroxyl groups is 1. The number of benzene rings is 2. The molecule has 0 unspecified atom stereocenters. The first-order valence-corrected chi connectivity index (χ1v) is 6.36. The highest BCUT2D eigenvalue weighted by molar-refractivity contribution is 5.58. The predicted molar refractivity (Wildman–Crippen MR) is 74.5 cm³/mol. The summed E-state index contributed by atoms with van der Waals surface area (Å²) in [5.41, 5.74) is 1.28. The van der Waals surface area contributed by atoms with Crippen molar-refractivity contribution in [2.45, 2.75) is 6.54 Å². The number of anilines is 1. The van der Waals surface area contributed by atoms with Gasteiger partial charge in [-0.05, 0) is 18.2 Å². The summed E-state index contributed by atoms with van der Waals surface area (Å²) in [5.74, 6) is 1.25. The van der Waals surface area contributed by atoms with E-state index >= 15 is 0 Å². The Morgan fingerprint density at radius 1 is 1.24 bits per heavy atom. The van der Waals surface area contributed by atoms with Gasteiger partial charge in [0.05, 0.1) is 12.8 Å². The van der Waals surface area contributed by atoms with Crippen LogP contribution in [0.3, 0.4) is 0 Å². The van der Waals surface area contributed by atoms with Crippen LogP contribution in [0.5, 0.6) is 23.0 Å². The first-order chi connectivity index (χ1) is 10.2. The minimum atomic E-state index is -0.372. The second-order valence-electron chi connectivity index (χ2n) is 4.53. The maximum Gasteiger partial charge on any atom is 0.231 e. The molecule has 3 rings (SSSR count). The number of phenolic OH excluding ortho intramolecular Hbond substituents is 1. The second kappa shape index (κ2) is 5.40. The number of hydrogen-bond donors (Lipinski definition) is 2. The molecule has 0 aromatic heterocycles. The Balaban J connectivity index is 1.79. The van der Waals surface area contributed by atoms with Crippen LogP contribution in [0, 0.1) is 5.82 Å². The number of phenols is 1. The molecule has 0 spiro atoms. The van der Waals surface area contributed by atoms with Crippen LogP contribution in [0.15, 0.2) is 30.3 Å². The summed E-state index contributed by atoms with van der Waals surface area (Å²) in [6, 6.07) is 7.44. The van der Waals surface area contributed by atoms with Crippen LogP contribution in [0.25, 0.3) is 0 Å². The molecular formula is C15H14FNO4. The molecule has 0 saturated carbocycles. The largest absolute Gasteiger partial charge is 0.507 e. The average molecular weight is 291 g/mol. The van der Waals surface area contributed by atoms with E-state index in [0.29, 0.717) is 35.0 Å². The lowest BCUT2D eigenvalue weighted by Gasteiger charge is -2.12. The van der Waals surface area contributed by atoms with Crippen molar-refractivity contribution in [3.8, 4) is 23.0 Å². The number of fused-ring (bicyclic) bond motifs is 1. The summed E-state index contributed by atoms with van der Waals surface area (Å²) in [5, 5.41) is 13.0. The molecule has 0 atom stereocenters. The van der Waals surface area contributed by atoms with Gasteiger partial charge in [0.15, 0.2) is 11.5 Å². The third kappa shape index (κ3) is 2.65. The zero-order valence-electron chi connectivity index (χ0n) is 11.4. The number of hydrogen-bond acceptors (Lipinski definition) is 5. The van der Waals surface area contributed by atoms with Gasteiger partial charge in [-0.15, -0.1) is 0 Å². The fraction of sp³-hybridized carbons (Fsp3) is 0.200. The monoisotopic (exact) mass is 291 g/mol. The van der Waals surface area contributed by atoms with E-state index in [2.05, 4.69) is 5.32 Å². The first kappa shape index (κ1) is 13.4. The lowest BCUT2D eigenvalue weighted by Crippen LogP contribution is -2.02. The summed E-state index contributed by atoms with van der Waals surface area (Å²) in [4.78, 5) is 0. The van der Waals surface area contributed by atoms with Crippen molar-refractivity contribution in [1.29, 1.82) is 0 Å². The van der Waals surface area contributed by atoms with Crippen molar-refractivity contribution >= 4 is 5.69 Å². The Hall–Kier alpha value is -2.63. The SMILES string of the molecule is COc1cc(F)ccc1NCc1cc2c(cc1O)OCO2. The maximum absolute atomic E-state index is 13.1. The third-order valence-electron chi connectivity index (χ3n) is 3.21. The maximum atomic E-state index is 13.1. The number of rotatable bonds is 4. The smallest absolute Gasteiger partial charge is 0.231 e. The summed E-state index contributed by atoms with van der Waals surface area (Å²) >= 11 is 0. The molecule has 0 saturated heterocycles. The van der Waals surface area contributed by atoms with Crippen LogP contribution in [0.2, 0.25) is 0 Å². The highest BCUT2D eigenvalue weighted by Gasteiger charge is 2.17. The van der Waals surface area contributed by atoms with E-state index in [0.717, 1.165) is 0 Å². The van der Waals surface area contributed by atoms with Crippen LogP contribution < -0.4 is 19.5 Å². The Labute approximate surface area is 120 Å². The minimum Gasteiger partial charge on any atom is -0.507 e. The van der Waals surface area contributed by atoms with Crippen molar-refractivity contribution in [3.05, 3.63) is 41.7 Å². The normalized spacial score (nSPS) is 12.3. The van der Waals surface area contributed by atoms with Gasteiger partial charge >= 0.3 is 0 Å². The van der Waals surface area contributed by atoms with Crippen LogP contribution in [0.4, 0.5) is 10.1 Å². The van der Waals surface area contributed by atoms with E-state index in [1.165, 1.54) is 25.3 Å². The van der Waals surface area contributed by atoms with E-state index in [9.17, 15) is 9.50 Å². The molecular weight excluding hydrogens is 277 g/mol. The van der Waals surface area contributed by atoms with Crippen molar-refractivity contribution in [2.24, 2.45) is 0 Å². The lowest BCUT2D eigenvalue weighted by molar-refractivity contribution is 0.174. The van der Waals surface area contributed by atoms with E-state index in [1.54, 1.807) is 12.1 Å². The molecule has 21 heavy (non-hydrogen) atoms. The standard InChI is InChI=1S/C15H14FNO4/c1-19-13-5-10(16)2-3-11(13)17-7-9-4-14-15(6-12(9)18)21-8-20-14/h2-6,17-18H,7-8H2,1H3. The van der Waals surface area contributed by atoms with Gasteiger partial charge in [-0.2, -0.15) is 0 Å². The molecule has 1 aliphatic rings. The van der Waals surface area contributed by atoms with Gasteiger partial charge in [-0.3, -0.25) is 0 Å². The molecule has 6 heteroatoms. The van der Waals surface area contributed by atoms with Crippen molar-refractivity contribution < 1.29 is 23.7 Å². The van der Waals surface area contributed by atoms with Crippen LogP contribution in [0.1, 0.15) is 5.56 Å². The fourth-order valence-electron chi connectivity index (χ4n) is 2.12. The third-order valence-corrected chi connectivity index (χ3v) is 3.21. The molecule has 0 amide bonds. The molecule has 0 bridgehead atoms. The Morgan fingerprint density at radius 2 is 2.00 bits per heavy atom. The van der Waals surface area contributed by atoms with Gasteiger partial charge in [0.1, 0.15) is 17.3 Å². The number of nitrogens with one attached hydrogen (secondary N) is 1. The summed E-state index contributed by atoms with van der Waals surface area (Å²) < 4.78 is 28.7. The van der Waals surface area contributed by atoms with E-state index in [1.807, 2.05) is 0 Å². The predicted octanol–water partition coefficient (Wildman–Crippen LogP) is 2.88. The Kier molecular flexibility index (Phi) is 3.43. The first-order valence-electron chi connectivity index (χ1n) is 6.36. The van der Waals surface area contributed by atoms with Gasteiger partial charge < -0.3 is 24.6 Å². The van der Waals surface area contributed by atoms with Crippen LogP contribution in [-0.2, 0) is 6.54 Å². The average Bonchev–Trinajstić information content (AvgIpc) is 2.92. The molecule has 0 aliphatic carbocycles. The van der Waals surface area contributed by atoms with E-state index < -0.39 is 0 Å². The molecule has 0 fully saturated rings. The number of halogens is 1. The number of methoxy groups -OCH3 is 1. The van der Waals surface area contributed by atoms with Gasteiger partial charge in [0, 0.05) is 24.2 Å². The summed E-state index contributed by atoms with van der Waals surface area (Å²) in [6.45, 7) is 0.488. The molecule has 2 aromatic carbocycles. The topological polar surface area (TPSA) is 60.0 Å². The van der Waals surface area contributed by atoms with Gasteiger partial charge in [-0.25, -0.2) is 4.39 Å². The summed E-state index contributed by atoms with van der Waals surface area (Å²) in [7, 11) is 1.47. The zero-order valence-corrected chi connectivity index (χ0v) is 11.4. The van der Waals surface area contributed by atoms with E-state index in [4.69, 9.17) is 14.2 Å². The van der Waals surface area contributed by atoms with Crippen LogP contribution in [-0.4, -0.2) is 19.0 Å². The molecule has 2 N–H and O–H groups in total. The fourth-order valence-corrected chi connectivity index (χ4v) is 2.12. The van der Waals surface area contributed by atoms with E-state index in [-0.39, 0.29) is 18.4 Å².